The van der Waals surface area contributed by atoms with Crippen molar-refractivity contribution in [1.82, 2.24) is 14.9 Å². The molecule has 1 amide bonds. The maximum atomic E-state index is 12.2. The van der Waals surface area contributed by atoms with Crippen molar-refractivity contribution >= 4 is 17.7 Å². The molecule has 0 saturated carbocycles. The third kappa shape index (κ3) is 4.58. The van der Waals surface area contributed by atoms with Gasteiger partial charge in [-0.15, -0.1) is 0 Å². The van der Waals surface area contributed by atoms with Crippen molar-refractivity contribution in [3.8, 4) is 0 Å². The maximum Gasteiger partial charge on any atom is 0.226 e. The topological polar surface area (TPSA) is 61.4 Å². The van der Waals surface area contributed by atoms with Crippen molar-refractivity contribution in [2.45, 2.75) is 33.1 Å². The number of amides is 1. The van der Waals surface area contributed by atoms with Gasteiger partial charge < -0.3 is 15.1 Å². The molecule has 1 fully saturated rings. The first-order valence-corrected chi connectivity index (χ1v) is 8.00. The lowest BCUT2D eigenvalue weighted by Gasteiger charge is -2.30. The average molecular weight is 305 g/mol. The second kappa shape index (κ2) is 7.42. The minimum Gasteiger partial charge on any atom is -0.369 e. The molecule has 0 unspecified atom stereocenters. The van der Waals surface area contributed by atoms with Crippen LogP contribution in [0.5, 0.6) is 0 Å². The molecule has 1 aliphatic rings. The van der Waals surface area contributed by atoms with Crippen molar-refractivity contribution in [2.24, 2.45) is 5.92 Å². The summed E-state index contributed by atoms with van der Waals surface area (Å²) in [6.45, 7) is 6.60. The number of rotatable bonds is 5. The molecule has 2 heterocycles. The predicted molar refractivity (Wildman–Crippen MR) is 89.2 cm³/mol. The van der Waals surface area contributed by atoms with E-state index in [4.69, 9.17) is 0 Å². The lowest BCUT2D eigenvalue weighted by Crippen LogP contribution is -2.38. The van der Waals surface area contributed by atoms with E-state index in [2.05, 4.69) is 22.2 Å². The van der Waals surface area contributed by atoms with Gasteiger partial charge in [-0.25, -0.2) is 4.98 Å². The number of likely N-dealkylation sites (tertiary alicyclic amines) is 1. The molecule has 22 heavy (non-hydrogen) atoms. The molecule has 1 saturated heterocycles. The van der Waals surface area contributed by atoms with Gasteiger partial charge in [0.05, 0.1) is 0 Å². The molecule has 0 aromatic carbocycles. The van der Waals surface area contributed by atoms with E-state index in [0.29, 0.717) is 18.9 Å². The van der Waals surface area contributed by atoms with Crippen LogP contribution in [0.3, 0.4) is 0 Å². The van der Waals surface area contributed by atoms with Crippen LogP contribution in [0.1, 0.15) is 31.9 Å². The summed E-state index contributed by atoms with van der Waals surface area (Å²) in [6, 6.07) is 1.90. The van der Waals surface area contributed by atoms with E-state index >= 15 is 0 Å². The molecule has 0 bridgehead atoms. The molecule has 1 aromatic heterocycles. The van der Waals surface area contributed by atoms with Crippen molar-refractivity contribution in [1.29, 1.82) is 0 Å². The van der Waals surface area contributed by atoms with E-state index in [9.17, 15) is 4.79 Å². The standard InChI is InChI=1S/C16H27N5O/c1-12-6-9-21(10-7-12)15(22)5-8-17-14-11-13(2)18-16(19-14)20(3)4/h11-12H,5-10H2,1-4H3,(H,17,18,19). The van der Waals surface area contributed by atoms with Crippen molar-refractivity contribution in [3.05, 3.63) is 11.8 Å². The fourth-order valence-electron chi connectivity index (χ4n) is 2.56. The zero-order chi connectivity index (χ0) is 16.1. The van der Waals surface area contributed by atoms with Gasteiger partial charge in [0, 0.05) is 51.9 Å². The van der Waals surface area contributed by atoms with Gasteiger partial charge in [0.25, 0.3) is 0 Å². The van der Waals surface area contributed by atoms with Crippen LogP contribution < -0.4 is 10.2 Å². The molecule has 0 radical (unpaired) electrons. The molecule has 1 aliphatic heterocycles. The lowest BCUT2D eigenvalue weighted by molar-refractivity contribution is -0.132. The summed E-state index contributed by atoms with van der Waals surface area (Å²) in [4.78, 5) is 24.8. The molecule has 0 aliphatic carbocycles. The fraction of sp³-hybridized carbons (Fsp3) is 0.688. The molecular formula is C16H27N5O. The van der Waals surface area contributed by atoms with Crippen LogP contribution in [0.15, 0.2) is 6.07 Å². The van der Waals surface area contributed by atoms with E-state index in [1.165, 1.54) is 0 Å². The van der Waals surface area contributed by atoms with Crippen LogP contribution in [0.2, 0.25) is 0 Å². The zero-order valence-corrected chi connectivity index (χ0v) is 14.1. The third-order valence-electron chi connectivity index (χ3n) is 4.02. The second-order valence-corrected chi connectivity index (χ2v) is 6.33. The Morgan fingerprint density at radius 3 is 2.68 bits per heavy atom. The Hall–Kier alpha value is -1.85. The number of hydrogen-bond donors (Lipinski definition) is 1. The molecule has 0 atom stereocenters. The van der Waals surface area contributed by atoms with Crippen LogP contribution in [0, 0.1) is 12.8 Å². The van der Waals surface area contributed by atoms with Gasteiger partial charge in [-0.05, 0) is 25.7 Å². The smallest absolute Gasteiger partial charge is 0.226 e. The van der Waals surface area contributed by atoms with E-state index in [1.54, 1.807) is 0 Å². The maximum absolute atomic E-state index is 12.2. The highest BCUT2D eigenvalue weighted by molar-refractivity contribution is 5.76. The molecular weight excluding hydrogens is 278 g/mol. The highest BCUT2D eigenvalue weighted by atomic mass is 16.2. The van der Waals surface area contributed by atoms with Crippen molar-refractivity contribution in [3.63, 3.8) is 0 Å². The SMILES string of the molecule is Cc1cc(NCCC(=O)N2CCC(C)CC2)nc(N(C)C)n1. The highest BCUT2D eigenvalue weighted by Crippen LogP contribution is 2.17. The fourth-order valence-corrected chi connectivity index (χ4v) is 2.56. The Labute approximate surface area is 132 Å². The number of nitrogens with zero attached hydrogens (tertiary/aromatic N) is 4. The Kier molecular flexibility index (Phi) is 5.57. The van der Waals surface area contributed by atoms with E-state index < -0.39 is 0 Å². The van der Waals surface area contributed by atoms with Gasteiger partial charge in [0.1, 0.15) is 5.82 Å². The summed E-state index contributed by atoms with van der Waals surface area (Å²) in [7, 11) is 3.83. The van der Waals surface area contributed by atoms with E-state index in [0.717, 1.165) is 43.4 Å². The van der Waals surface area contributed by atoms with Crippen molar-refractivity contribution in [2.75, 3.05) is 43.9 Å². The lowest BCUT2D eigenvalue weighted by atomic mass is 9.99. The quantitative estimate of drug-likeness (QED) is 0.900. The minimum absolute atomic E-state index is 0.234. The van der Waals surface area contributed by atoms with Gasteiger partial charge in [-0.1, -0.05) is 6.92 Å². The van der Waals surface area contributed by atoms with E-state index in [-0.39, 0.29) is 5.91 Å². The number of carbonyl (C=O) groups excluding carboxylic acids is 1. The number of piperidine rings is 1. The molecule has 122 valence electrons. The third-order valence-corrected chi connectivity index (χ3v) is 4.02. The van der Waals surface area contributed by atoms with Gasteiger partial charge in [-0.3, -0.25) is 4.79 Å². The van der Waals surface area contributed by atoms with Gasteiger partial charge in [-0.2, -0.15) is 4.98 Å². The Balaban J connectivity index is 1.82. The molecule has 6 nitrogen and oxygen atoms in total. The predicted octanol–water partition coefficient (Wildman–Crippen LogP) is 1.91. The van der Waals surface area contributed by atoms with Gasteiger partial charge in [0.2, 0.25) is 11.9 Å². The first kappa shape index (κ1) is 16.5. The molecule has 6 heteroatoms. The zero-order valence-electron chi connectivity index (χ0n) is 14.1. The van der Waals surface area contributed by atoms with Crippen LogP contribution in [0.25, 0.3) is 0 Å². The summed E-state index contributed by atoms with van der Waals surface area (Å²) in [5.41, 5.74) is 0.914. The second-order valence-electron chi connectivity index (χ2n) is 6.33. The summed E-state index contributed by atoms with van der Waals surface area (Å²) in [5.74, 6) is 2.43. The van der Waals surface area contributed by atoms with Crippen LogP contribution in [-0.4, -0.2) is 54.5 Å². The first-order valence-electron chi connectivity index (χ1n) is 8.00. The highest BCUT2D eigenvalue weighted by Gasteiger charge is 2.19. The molecule has 1 aromatic rings. The average Bonchev–Trinajstić information content (AvgIpc) is 2.47. The summed E-state index contributed by atoms with van der Waals surface area (Å²) >= 11 is 0. The molecule has 1 N–H and O–H groups in total. The van der Waals surface area contributed by atoms with E-state index in [1.807, 2.05) is 36.9 Å². The van der Waals surface area contributed by atoms with Gasteiger partial charge >= 0.3 is 0 Å². The van der Waals surface area contributed by atoms with Crippen LogP contribution in [0.4, 0.5) is 11.8 Å². The largest absolute Gasteiger partial charge is 0.369 e. The summed E-state index contributed by atoms with van der Waals surface area (Å²) in [6.07, 6.45) is 2.75. The van der Waals surface area contributed by atoms with Crippen LogP contribution in [-0.2, 0) is 4.79 Å². The number of nitrogens with one attached hydrogen (secondary N) is 1. The number of aromatic nitrogens is 2. The monoisotopic (exact) mass is 305 g/mol. The Bertz CT molecular complexity index is 509. The number of carbonyl (C=O) groups is 1. The number of aryl methyl sites for hydroxylation is 1. The molecule has 2 rings (SSSR count). The summed E-state index contributed by atoms with van der Waals surface area (Å²) in [5, 5.41) is 3.23. The summed E-state index contributed by atoms with van der Waals surface area (Å²) < 4.78 is 0. The van der Waals surface area contributed by atoms with Crippen molar-refractivity contribution < 1.29 is 4.79 Å². The minimum atomic E-state index is 0.234. The normalized spacial score (nSPS) is 15.7. The Morgan fingerprint density at radius 2 is 2.05 bits per heavy atom. The first-order chi connectivity index (χ1) is 10.5. The Morgan fingerprint density at radius 1 is 1.36 bits per heavy atom. The van der Waals surface area contributed by atoms with Gasteiger partial charge in [0.15, 0.2) is 0 Å². The molecule has 0 spiro atoms. The number of hydrogen-bond acceptors (Lipinski definition) is 5. The van der Waals surface area contributed by atoms with Crippen LogP contribution >= 0.6 is 0 Å². The number of anilines is 2.